The van der Waals surface area contributed by atoms with Crippen LogP contribution < -0.4 is 5.32 Å². The number of anilines is 1. The first kappa shape index (κ1) is 13.1. The summed E-state index contributed by atoms with van der Waals surface area (Å²) >= 11 is 1.87. The molecule has 2 rings (SSSR count). The maximum absolute atomic E-state index is 4.58. The highest BCUT2D eigenvalue weighted by atomic mass is 32.2. The molecule has 0 atom stereocenters. The van der Waals surface area contributed by atoms with E-state index in [1.165, 1.54) is 6.42 Å². The monoisotopic (exact) mass is 265 g/mol. The number of hydrogen-bond donors (Lipinski definition) is 1. The predicted octanol–water partition coefficient (Wildman–Crippen LogP) is 2.44. The molecule has 0 bridgehead atoms. The molecule has 5 nitrogen and oxygen atoms in total. The molecule has 2 aromatic rings. The van der Waals surface area contributed by atoms with Gasteiger partial charge in [0.2, 0.25) is 0 Å². The van der Waals surface area contributed by atoms with Gasteiger partial charge in [-0.15, -0.1) is 0 Å². The van der Waals surface area contributed by atoms with Crippen LogP contribution in [0.5, 0.6) is 0 Å². The summed E-state index contributed by atoms with van der Waals surface area (Å²) in [4.78, 5) is 9.16. The first-order valence-corrected chi connectivity index (χ1v) is 7.42. The third kappa shape index (κ3) is 2.75. The van der Waals surface area contributed by atoms with Crippen molar-refractivity contribution in [3.8, 4) is 0 Å². The van der Waals surface area contributed by atoms with Crippen LogP contribution in [0, 0.1) is 0 Å². The Morgan fingerprint density at radius 2 is 2.17 bits per heavy atom. The second-order valence-electron chi connectivity index (χ2n) is 4.08. The van der Waals surface area contributed by atoms with Gasteiger partial charge in [-0.05, 0) is 19.1 Å². The molecule has 0 amide bonds. The lowest BCUT2D eigenvalue weighted by Gasteiger charge is -2.07. The molecule has 18 heavy (non-hydrogen) atoms. The quantitative estimate of drug-likeness (QED) is 0.813. The lowest BCUT2D eigenvalue weighted by atomic mass is 10.4. The van der Waals surface area contributed by atoms with Gasteiger partial charge in [0.25, 0.3) is 0 Å². The van der Waals surface area contributed by atoms with E-state index in [9.17, 15) is 0 Å². The van der Waals surface area contributed by atoms with E-state index in [2.05, 4.69) is 34.2 Å². The van der Waals surface area contributed by atoms with Crippen molar-refractivity contribution in [1.29, 1.82) is 0 Å². The molecule has 2 aromatic heterocycles. The van der Waals surface area contributed by atoms with Crippen molar-refractivity contribution in [3.05, 3.63) is 12.0 Å². The molecule has 0 spiro atoms. The van der Waals surface area contributed by atoms with Crippen molar-refractivity contribution in [2.24, 2.45) is 7.05 Å². The van der Waals surface area contributed by atoms with Gasteiger partial charge in [-0.2, -0.15) is 16.9 Å². The Morgan fingerprint density at radius 1 is 1.33 bits per heavy atom. The van der Waals surface area contributed by atoms with Crippen LogP contribution in [0.2, 0.25) is 0 Å². The van der Waals surface area contributed by atoms with Gasteiger partial charge in [0.05, 0.1) is 17.3 Å². The molecule has 6 heteroatoms. The maximum Gasteiger partial charge on any atom is 0.163 e. The Kier molecular flexibility index (Phi) is 4.41. The van der Waals surface area contributed by atoms with Crippen LogP contribution in [-0.2, 0) is 12.8 Å². The van der Waals surface area contributed by atoms with Crippen LogP contribution in [0.15, 0.2) is 6.20 Å². The fraction of sp³-hybridized carbons (Fsp3) is 0.583. The summed E-state index contributed by atoms with van der Waals surface area (Å²) in [5.74, 6) is 3.76. The maximum atomic E-state index is 4.58. The lowest BCUT2D eigenvalue weighted by Crippen LogP contribution is -2.05. The normalized spacial score (nSPS) is 11.1. The van der Waals surface area contributed by atoms with Gasteiger partial charge in [-0.3, -0.25) is 4.68 Å². The number of nitrogens with zero attached hydrogens (tertiary/aromatic N) is 4. The molecule has 1 N–H and O–H groups in total. The molecule has 0 saturated carbocycles. The lowest BCUT2D eigenvalue weighted by molar-refractivity contribution is 0.782. The second-order valence-corrected chi connectivity index (χ2v) is 5.18. The van der Waals surface area contributed by atoms with Crippen molar-refractivity contribution >= 4 is 28.6 Å². The number of fused-ring (bicyclic) bond motifs is 1. The van der Waals surface area contributed by atoms with E-state index in [4.69, 9.17) is 0 Å². The van der Waals surface area contributed by atoms with Gasteiger partial charge in [-0.1, -0.05) is 6.92 Å². The van der Waals surface area contributed by atoms with Gasteiger partial charge < -0.3 is 5.32 Å². The summed E-state index contributed by atoms with van der Waals surface area (Å²) in [5, 5.41) is 8.51. The zero-order valence-corrected chi connectivity index (χ0v) is 11.9. The topological polar surface area (TPSA) is 55.6 Å². The molecule has 0 radical (unpaired) electrons. The molecule has 2 heterocycles. The van der Waals surface area contributed by atoms with Crippen molar-refractivity contribution in [2.45, 2.75) is 26.0 Å². The predicted molar refractivity (Wildman–Crippen MR) is 76.9 cm³/mol. The largest absolute Gasteiger partial charge is 0.370 e. The first-order valence-electron chi connectivity index (χ1n) is 6.26. The smallest absolute Gasteiger partial charge is 0.163 e. The van der Waals surface area contributed by atoms with E-state index in [-0.39, 0.29) is 0 Å². The van der Waals surface area contributed by atoms with Crippen LogP contribution in [0.25, 0.3) is 11.0 Å². The third-order valence-electron chi connectivity index (χ3n) is 2.56. The van der Waals surface area contributed by atoms with Crippen LogP contribution in [0.3, 0.4) is 0 Å². The summed E-state index contributed by atoms with van der Waals surface area (Å²) in [6.07, 6.45) is 3.00. The fourth-order valence-electron chi connectivity index (χ4n) is 1.74. The average molecular weight is 265 g/mol. The second kappa shape index (κ2) is 6.04. The molecule has 0 aliphatic carbocycles. The van der Waals surface area contributed by atoms with Crippen molar-refractivity contribution in [3.63, 3.8) is 0 Å². The minimum atomic E-state index is 0.850. The summed E-state index contributed by atoms with van der Waals surface area (Å²) in [6, 6.07) is 0. The Balaban J connectivity index is 2.33. The Hall–Kier alpha value is -1.30. The molecule has 0 aliphatic heterocycles. The van der Waals surface area contributed by atoms with E-state index >= 15 is 0 Å². The van der Waals surface area contributed by atoms with Crippen molar-refractivity contribution in [1.82, 2.24) is 19.7 Å². The number of rotatable bonds is 6. The summed E-state index contributed by atoms with van der Waals surface area (Å²) in [7, 11) is 1.91. The molecule has 0 aromatic carbocycles. The van der Waals surface area contributed by atoms with E-state index in [1.54, 1.807) is 4.68 Å². The SMILES string of the molecule is CCCSCc1nc(NCC)c2cnn(C)c2n1. The molecule has 0 unspecified atom stereocenters. The fourth-order valence-corrected chi connectivity index (χ4v) is 2.49. The molecule has 0 aliphatic rings. The number of aromatic nitrogens is 4. The zero-order chi connectivity index (χ0) is 13.0. The average Bonchev–Trinajstić information content (AvgIpc) is 2.73. The summed E-state index contributed by atoms with van der Waals surface area (Å²) in [6.45, 7) is 5.10. The zero-order valence-electron chi connectivity index (χ0n) is 11.1. The highest BCUT2D eigenvalue weighted by Gasteiger charge is 2.10. The standard InChI is InChI=1S/C12H19N5S/c1-4-6-18-8-10-15-11(13-5-2)9-7-14-17(3)12(9)16-10/h7H,4-6,8H2,1-3H3,(H,13,15,16). The highest BCUT2D eigenvalue weighted by molar-refractivity contribution is 7.98. The number of thioether (sulfide) groups is 1. The van der Waals surface area contributed by atoms with Crippen LogP contribution in [0.4, 0.5) is 5.82 Å². The van der Waals surface area contributed by atoms with Gasteiger partial charge >= 0.3 is 0 Å². The van der Waals surface area contributed by atoms with Gasteiger partial charge in [0, 0.05) is 13.6 Å². The molecular weight excluding hydrogens is 246 g/mol. The Morgan fingerprint density at radius 3 is 2.89 bits per heavy atom. The summed E-state index contributed by atoms with van der Waals surface area (Å²) in [5.41, 5.74) is 0.896. The van der Waals surface area contributed by atoms with E-state index < -0.39 is 0 Å². The minimum absolute atomic E-state index is 0.850. The Labute approximate surface area is 111 Å². The number of aryl methyl sites for hydroxylation is 1. The van der Waals surface area contributed by atoms with Crippen LogP contribution in [0.1, 0.15) is 26.1 Å². The van der Waals surface area contributed by atoms with E-state index in [0.29, 0.717) is 0 Å². The summed E-state index contributed by atoms with van der Waals surface area (Å²) < 4.78 is 1.80. The van der Waals surface area contributed by atoms with Crippen molar-refractivity contribution < 1.29 is 0 Å². The molecule has 98 valence electrons. The van der Waals surface area contributed by atoms with E-state index in [0.717, 1.165) is 40.7 Å². The highest BCUT2D eigenvalue weighted by Crippen LogP contribution is 2.21. The molecule has 0 fully saturated rings. The third-order valence-corrected chi connectivity index (χ3v) is 3.72. The van der Waals surface area contributed by atoms with Gasteiger partial charge in [-0.25, -0.2) is 9.97 Å². The van der Waals surface area contributed by atoms with Gasteiger partial charge in [0.1, 0.15) is 11.6 Å². The number of nitrogens with one attached hydrogen (secondary N) is 1. The minimum Gasteiger partial charge on any atom is -0.370 e. The van der Waals surface area contributed by atoms with Gasteiger partial charge in [0.15, 0.2) is 5.65 Å². The van der Waals surface area contributed by atoms with E-state index in [1.807, 2.05) is 25.0 Å². The molecular formula is C12H19N5S. The first-order chi connectivity index (χ1) is 8.76. The Bertz CT molecular complexity index is 522. The number of hydrogen-bond acceptors (Lipinski definition) is 5. The van der Waals surface area contributed by atoms with Crippen LogP contribution in [-0.4, -0.2) is 32.0 Å². The molecule has 0 saturated heterocycles. The van der Waals surface area contributed by atoms with Crippen LogP contribution >= 0.6 is 11.8 Å². The van der Waals surface area contributed by atoms with Crippen molar-refractivity contribution in [2.75, 3.05) is 17.6 Å².